The second kappa shape index (κ2) is 8.00. The van der Waals surface area contributed by atoms with Crippen LogP contribution in [0, 0.1) is 13.8 Å². The molecular weight excluding hydrogens is 364 g/mol. The topological polar surface area (TPSA) is 116 Å². The molecule has 0 saturated carbocycles. The third-order valence-corrected chi connectivity index (χ3v) is 4.81. The number of primary amides is 1. The van der Waals surface area contributed by atoms with Crippen molar-refractivity contribution in [1.29, 1.82) is 0 Å². The number of aromatic nitrogens is 4. The zero-order valence-electron chi connectivity index (χ0n) is 14.8. The van der Waals surface area contributed by atoms with Crippen LogP contribution in [0.1, 0.15) is 21.5 Å². The molecule has 2 aromatic carbocycles. The number of aryl methyl sites for hydroxylation is 2. The largest absolute Gasteiger partial charge is 0.366 e. The number of hydrogen-bond donors (Lipinski definition) is 2. The van der Waals surface area contributed by atoms with Gasteiger partial charge in [0, 0.05) is 0 Å². The Bertz CT molecular complexity index is 981. The molecule has 138 valence electrons. The molecule has 0 aliphatic rings. The summed E-state index contributed by atoms with van der Waals surface area (Å²) in [6.07, 6.45) is 0. The van der Waals surface area contributed by atoms with E-state index in [1.54, 1.807) is 28.9 Å². The number of hydrogen-bond acceptors (Lipinski definition) is 6. The quantitative estimate of drug-likeness (QED) is 0.631. The molecular formula is C18H18N6O2S. The zero-order chi connectivity index (χ0) is 19.4. The molecule has 9 heteroatoms. The summed E-state index contributed by atoms with van der Waals surface area (Å²) in [5.74, 6) is -0.805. The maximum absolute atomic E-state index is 12.3. The number of rotatable bonds is 6. The molecule has 0 spiro atoms. The highest BCUT2D eigenvalue weighted by atomic mass is 32.2. The number of carbonyl (C=O) groups excluding carboxylic acids is 2. The van der Waals surface area contributed by atoms with Crippen molar-refractivity contribution in [3.8, 4) is 5.69 Å². The third-order valence-electron chi connectivity index (χ3n) is 3.89. The number of nitrogens with one attached hydrogen (secondary N) is 1. The van der Waals surface area contributed by atoms with Crippen molar-refractivity contribution in [2.24, 2.45) is 5.73 Å². The van der Waals surface area contributed by atoms with E-state index >= 15 is 0 Å². The highest BCUT2D eigenvalue weighted by Crippen LogP contribution is 2.23. The van der Waals surface area contributed by atoms with E-state index in [2.05, 4.69) is 20.8 Å². The summed E-state index contributed by atoms with van der Waals surface area (Å²) in [5, 5.41) is 15.0. The second-order valence-corrected chi connectivity index (χ2v) is 6.80. The first-order valence-electron chi connectivity index (χ1n) is 8.14. The molecule has 0 atom stereocenters. The average Bonchev–Trinajstić information content (AvgIpc) is 3.08. The molecule has 3 N–H and O–H groups in total. The Labute approximate surface area is 160 Å². The van der Waals surface area contributed by atoms with Gasteiger partial charge in [-0.25, -0.2) is 0 Å². The highest BCUT2D eigenvalue weighted by Gasteiger charge is 2.16. The van der Waals surface area contributed by atoms with Crippen molar-refractivity contribution in [3.63, 3.8) is 0 Å². The highest BCUT2D eigenvalue weighted by molar-refractivity contribution is 7.99. The summed E-state index contributed by atoms with van der Waals surface area (Å²) >= 11 is 1.21. The van der Waals surface area contributed by atoms with Crippen LogP contribution in [0.4, 0.5) is 5.69 Å². The van der Waals surface area contributed by atoms with Gasteiger partial charge in [-0.05, 0) is 47.5 Å². The molecule has 3 rings (SSSR count). The SMILES string of the molecule is Cc1cccc(C)c1-n1nnnc1SCC(=O)Nc1ccccc1C(N)=O. The molecule has 3 aromatic rings. The number of thioether (sulfide) groups is 1. The van der Waals surface area contributed by atoms with E-state index in [0.717, 1.165) is 16.8 Å². The van der Waals surface area contributed by atoms with Gasteiger partial charge in [0.1, 0.15) is 0 Å². The molecule has 0 fully saturated rings. The fourth-order valence-corrected chi connectivity index (χ4v) is 3.35. The van der Waals surface area contributed by atoms with Gasteiger partial charge in [-0.2, -0.15) is 4.68 Å². The lowest BCUT2D eigenvalue weighted by Gasteiger charge is -2.11. The normalized spacial score (nSPS) is 10.6. The van der Waals surface area contributed by atoms with Crippen LogP contribution in [0.5, 0.6) is 0 Å². The van der Waals surface area contributed by atoms with Crippen LogP contribution in [0.25, 0.3) is 5.69 Å². The first kappa shape index (κ1) is 18.6. The van der Waals surface area contributed by atoms with Gasteiger partial charge in [-0.3, -0.25) is 9.59 Å². The zero-order valence-corrected chi connectivity index (χ0v) is 15.7. The van der Waals surface area contributed by atoms with Gasteiger partial charge in [0.2, 0.25) is 11.1 Å². The van der Waals surface area contributed by atoms with Gasteiger partial charge in [0.25, 0.3) is 5.91 Å². The molecule has 0 aliphatic carbocycles. The Hall–Kier alpha value is -3.20. The minimum atomic E-state index is -0.600. The Morgan fingerprint density at radius 3 is 2.52 bits per heavy atom. The van der Waals surface area contributed by atoms with Gasteiger partial charge < -0.3 is 11.1 Å². The van der Waals surface area contributed by atoms with Gasteiger partial charge in [0.05, 0.1) is 22.7 Å². The average molecular weight is 382 g/mol. The lowest BCUT2D eigenvalue weighted by molar-refractivity contribution is -0.113. The molecule has 1 aromatic heterocycles. The van der Waals surface area contributed by atoms with Crippen LogP contribution in [0.3, 0.4) is 0 Å². The van der Waals surface area contributed by atoms with Crippen LogP contribution in [-0.2, 0) is 4.79 Å². The van der Waals surface area contributed by atoms with Crippen LogP contribution in [0.15, 0.2) is 47.6 Å². The number of tetrazole rings is 1. The molecule has 2 amide bonds. The van der Waals surface area contributed by atoms with Crippen LogP contribution < -0.4 is 11.1 Å². The van der Waals surface area contributed by atoms with E-state index in [1.807, 2.05) is 32.0 Å². The molecule has 0 bridgehead atoms. The van der Waals surface area contributed by atoms with E-state index in [0.29, 0.717) is 10.8 Å². The van der Waals surface area contributed by atoms with Gasteiger partial charge in [-0.15, -0.1) is 5.10 Å². The lowest BCUT2D eigenvalue weighted by atomic mass is 10.1. The van der Waals surface area contributed by atoms with Crippen LogP contribution >= 0.6 is 11.8 Å². The molecule has 8 nitrogen and oxygen atoms in total. The Morgan fingerprint density at radius 2 is 1.81 bits per heavy atom. The standard InChI is InChI=1S/C18H18N6O2S/c1-11-6-5-7-12(2)16(11)24-18(21-22-23-24)27-10-15(25)20-14-9-4-3-8-13(14)17(19)26/h3-9H,10H2,1-2H3,(H2,19,26)(H,20,25). The number of amides is 2. The summed E-state index contributed by atoms with van der Waals surface area (Å²) in [7, 11) is 0. The van der Waals surface area contributed by atoms with Crippen molar-refractivity contribution in [2.45, 2.75) is 19.0 Å². The van der Waals surface area contributed by atoms with E-state index in [4.69, 9.17) is 5.73 Å². The summed E-state index contributed by atoms with van der Waals surface area (Å²) in [4.78, 5) is 23.8. The third kappa shape index (κ3) is 4.14. The fourth-order valence-electron chi connectivity index (χ4n) is 2.67. The van der Waals surface area contributed by atoms with Crippen molar-refractivity contribution >= 4 is 29.3 Å². The molecule has 27 heavy (non-hydrogen) atoms. The van der Waals surface area contributed by atoms with Crippen molar-refractivity contribution < 1.29 is 9.59 Å². The minimum absolute atomic E-state index is 0.0817. The predicted molar refractivity (Wildman–Crippen MR) is 103 cm³/mol. The smallest absolute Gasteiger partial charge is 0.250 e. The van der Waals surface area contributed by atoms with Gasteiger partial charge in [0.15, 0.2) is 0 Å². The fraction of sp³-hybridized carbons (Fsp3) is 0.167. The number of carbonyl (C=O) groups is 2. The summed E-state index contributed by atoms with van der Waals surface area (Å²) in [6, 6.07) is 12.5. The van der Waals surface area contributed by atoms with Gasteiger partial charge >= 0.3 is 0 Å². The molecule has 0 saturated heterocycles. The predicted octanol–water partition coefficient (Wildman–Crippen LogP) is 2.11. The number of benzene rings is 2. The minimum Gasteiger partial charge on any atom is -0.366 e. The Kier molecular flexibility index (Phi) is 5.51. The Balaban J connectivity index is 1.73. The van der Waals surface area contributed by atoms with Crippen molar-refractivity contribution in [2.75, 3.05) is 11.1 Å². The van der Waals surface area contributed by atoms with Crippen molar-refractivity contribution in [3.05, 3.63) is 59.2 Å². The first-order chi connectivity index (χ1) is 13.0. The molecule has 0 radical (unpaired) electrons. The summed E-state index contributed by atoms with van der Waals surface area (Å²) in [6.45, 7) is 3.96. The maximum atomic E-state index is 12.3. The number of nitrogens with zero attached hydrogens (tertiary/aromatic N) is 4. The Morgan fingerprint density at radius 1 is 1.11 bits per heavy atom. The second-order valence-electron chi connectivity index (χ2n) is 5.86. The molecule has 0 aliphatic heterocycles. The lowest BCUT2D eigenvalue weighted by Crippen LogP contribution is -2.19. The molecule has 1 heterocycles. The number of anilines is 1. The number of para-hydroxylation sites is 2. The van der Waals surface area contributed by atoms with Gasteiger partial charge in [-0.1, -0.05) is 42.1 Å². The van der Waals surface area contributed by atoms with Crippen LogP contribution in [-0.4, -0.2) is 37.8 Å². The maximum Gasteiger partial charge on any atom is 0.250 e. The van der Waals surface area contributed by atoms with E-state index in [1.165, 1.54) is 11.8 Å². The number of nitrogens with two attached hydrogens (primary N) is 1. The monoisotopic (exact) mass is 382 g/mol. The van der Waals surface area contributed by atoms with Crippen molar-refractivity contribution in [1.82, 2.24) is 20.2 Å². The first-order valence-corrected chi connectivity index (χ1v) is 9.12. The molecule has 0 unspecified atom stereocenters. The van der Waals surface area contributed by atoms with E-state index < -0.39 is 5.91 Å². The summed E-state index contributed by atoms with van der Waals surface area (Å²) in [5.41, 5.74) is 8.92. The summed E-state index contributed by atoms with van der Waals surface area (Å²) < 4.78 is 1.62. The van der Waals surface area contributed by atoms with E-state index in [-0.39, 0.29) is 17.2 Å². The van der Waals surface area contributed by atoms with Crippen LogP contribution in [0.2, 0.25) is 0 Å². The van der Waals surface area contributed by atoms with E-state index in [9.17, 15) is 9.59 Å².